The topological polar surface area (TPSA) is 55.1 Å². The first-order chi connectivity index (χ1) is 15.1. The number of amides is 1. The Morgan fingerprint density at radius 3 is 2.55 bits per heavy atom. The number of fused-ring (bicyclic) bond motifs is 2. The van der Waals surface area contributed by atoms with Crippen molar-refractivity contribution < 1.29 is 9.21 Å². The minimum Gasteiger partial charge on any atom is -0.436 e. The Bertz CT molecular complexity index is 1420. The van der Waals surface area contributed by atoms with E-state index in [0.29, 0.717) is 33.3 Å². The number of halogens is 1. The summed E-state index contributed by atoms with van der Waals surface area (Å²) in [5.74, 6) is 0.357. The molecule has 0 saturated carbocycles. The molecule has 0 spiro atoms. The standard InChI is InChI=1S/C26H19ClN2O2/c1-2-16-9-11-17(12-10-16)26-29-23-15-18(13-14-24(23)31-26)28-25(30)21-7-3-6-20-19(21)5-4-8-22(20)27/h3-15H,2H2,1H3,(H,28,30). The van der Waals surface area contributed by atoms with Gasteiger partial charge in [-0.15, -0.1) is 0 Å². The first-order valence-corrected chi connectivity index (χ1v) is 10.5. The van der Waals surface area contributed by atoms with Gasteiger partial charge in [-0.05, 0) is 59.8 Å². The SMILES string of the molecule is CCc1ccc(-c2nc3cc(NC(=O)c4cccc5c(Cl)cccc45)ccc3o2)cc1. The van der Waals surface area contributed by atoms with Gasteiger partial charge >= 0.3 is 0 Å². The summed E-state index contributed by atoms with van der Waals surface area (Å²) < 4.78 is 5.90. The molecule has 5 aromatic rings. The summed E-state index contributed by atoms with van der Waals surface area (Å²) in [4.78, 5) is 17.6. The number of carbonyl (C=O) groups is 1. The van der Waals surface area contributed by atoms with Crippen LogP contribution in [0.15, 0.2) is 83.3 Å². The Labute approximate surface area is 184 Å². The van der Waals surface area contributed by atoms with Crippen LogP contribution in [0.25, 0.3) is 33.3 Å². The molecule has 0 aliphatic heterocycles. The predicted molar refractivity (Wildman–Crippen MR) is 126 cm³/mol. The Hall–Kier alpha value is -3.63. The number of nitrogens with zero attached hydrogens (tertiary/aromatic N) is 1. The minimum absolute atomic E-state index is 0.203. The zero-order valence-corrected chi connectivity index (χ0v) is 17.6. The zero-order valence-electron chi connectivity index (χ0n) is 16.9. The molecule has 4 nitrogen and oxygen atoms in total. The van der Waals surface area contributed by atoms with E-state index in [1.54, 1.807) is 6.07 Å². The normalized spacial score (nSPS) is 11.2. The third-order valence-corrected chi connectivity index (χ3v) is 5.70. The summed E-state index contributed by atoms with van der Waals surface area (Å²) in [6, 6.07) is 24.7. The highest BCUT2D eigenvalue weighted by molar-refractivity contribution is 6.36. The van der Waals surface area contributed by atoms with Crippen molar-refractivity contribution in [1.29, 1.82) is 0 Å². The quantitative estimate of drug-likeness (QED) is 0.333. The average Bonchev–Trinajstić information content (AvgIpc) is 3.22. The fraction of sp³-hybridized carbons (Fsp3) is 0.0769. The molecule has 1 aromatic heterocycles. The second-order valence-corrected chi connectivity index (χ2v) is 7.75. The predicted octanol–water partition coefficient (Wildman–Crippen LogP) is 7.12. The lowest BCUT2D eigenvalue weighted by Crippen LogP contribution is -2.12. The van der Waals surface area contributed by atoms with Crippen molar-refractivity contribution in [2.45, 2.75) is 13.3 Å². The van der Waals surface area contributed by atoms with Crippen molar-refractivity contribution in [2.24, 2.45) is 0 Å². The second-order valence-electron chi connectivity index (χ2n) is 7.35. The first-order valence-electron chi connectivity index (χ1n) is 10.1. The van der Waals surface area contributed by atoms with E-state index in [0.717, 1.165) is 22.8 Å². The largest absolute Gasteiger partial charge is 0.436 e. The molecule has 0 radical (unpaired) electrons. The Balaban J connectivity index is 1.44. The van der Waals surface area contributed by atoms with E-state index in [9.17, 15) is 4.79 Å². The van der Waals surface area contributed by atoms with Gasteiger partial charge in [0.05, 0.1) is 0 Å². The molecule has 1 N–H and O–H groups in total. The summed E-state index contributed by atoms with van der Waals surface area (Å²) >= 11 is 6.28. The molecule has 0 aliphatic carbocycles. The first kappa shape index (κ1) is 19.3. The molecular formula is C26H19ClN2O2. The number of benzene rings is 4. The van der Waals surface area contributed by atoms with Gasteiger partial charge in [-0.25, -0.2) is 4.98 Å². The molecule has 0 aliphatic rings. The fourth-order valence-electron chi connectivity index (χ4n) is 3.68. The van der Waals surface area contributed by atoms with Gasteiger partial charge in [0.2, 0.25) is 5.89 Å². The van der Waals surface area contributed by atoms with E-state index in [1.165, 1.54) is 5.56 Å². The summed E-state index contributed by atoms with van der Waals surface area (Å²) in [5.41, 5.74) is 4.76. The maximum atomic E-state index is 13.0. The number of aromatic nitrogens is 1. The van der Waals surface area contributed by atoms with Gasteiger partial charge in [0.25, 0.3) is 5.91 Å². The molecule has 4 aromatic carbocycles. The van der Waals surface area contributed by atoms with Crippen LogP contribution in [0.1, 0.15) is 22.8 Å². The Morgan fingerprint density at radius 1 is 0.968 bits per heavy atom. The molecule has 152 valence electrons. The maximum Gasteiger partial charge on any atom is 0.256 e. The summed E-state index contributed by atoms with van der Waals surface area (Å²) in [6.45, 7) is 2.12. The minimum atomic E-state index is -0.203. The third kappa shape index (κ3) is 3.66. The van der Waals surface area contributed by atoms with Crippen LogP contribution in [-0.2, 0) is 6.42 Å². The van der Waals surface area contributed by atoms with Crippen LogP contribution in [0.4, 0.5) is 5.69 Å². The lowest BCUT2D eigenvalue weighted by Gasteiger charge is -2.09. The van der Waals surface area contributed by atoms with Gasteiger partial charge in [0, 0.05) is 27.2 Å². The Kier molecular flexibility index (Phi) is 4.92. The molecule has 0 saturated heterocycles. The van der Waals surface area contributed by atoms with E-state index in [4.69, 9.17) is 16.0 Å². The van der Waals surface area contributed by atoms with E-state index < -0.39 is 0 Å². The van der Waals surface area contributed by atoms with Crippen LogP contribution in [0.2, 0.25) is 5.02 Å². The summed E-state index contributed by atoms with van der Waals surface area (Å²) in [6.07, 6.45) is 0.986. The van der Waals surface area contributed by atoms with Crippen molar-refractivity contribution in [2.75, 3.05) is 5.32 Å². The molecule has 0 unspecified atom stereocenters. The number of oxazole rings is 1. The highest BCUT2D eigenvalue weighted by Gasteiger charge is 2.13. The van der Waals surface area contributed by atoms with Crippen LogP contribution in [0, 0.1) is 0 Å². The number of nitrogens with one attached hydrogen (secondary N) is 1. The molecule has 5 rings (SSSR count). The van der Waals surface area contributed by atoms with Gasteiger partial charge in [-0.2, -0.15) is 0 Å². The van der Waals surface area contributed by atoms with Crippen molar-refractivity contribution in [1.82, 2.24) is 4.98 Å². The van der Waals surface area contributed by atoms with Crippen molar-refractivity contribution >= 4 is 45.1 Å². The number of aryl methyl sites for hydroxylation is 1. The van der Waals surface area contributed by atoms with Crippen molar-refractivity contribution in [3.05, 3.63) is 95.0 Å². The number of rotatable bonds is 4. The van der Waals surface area contributed by atoms with Crippen LogP contribution in [0.5, 0.6) is 0 Å². The molecular weight excluding hydrogens is 408 g/mol. The molecule has 1 amide bonds. The summed E-state index contributed by atoms with van der Waals surface area (Å²) in [7, 11) is 0. The van der Waals surface area contributed by atoms with E-state index >= 15 is 0 Å². The van der Waals surface area contributed by atoms with Crippen LogP contribution in [0.3, 0.4) is 0 Å². The molecule has 0 fully saturated rings. The number of anilines is 1. The molecule has 1 heterocycles. The average molecular weight is 427 g/mol. The van der Waals surface area contributed by atoms with E-state index in [1.807, 2.05) is 60.7 Å². The zero-order chi connectivity index (χ0) is 21.4. The van der Waals surface area contributed by atoms with Gasteiger partial charge in [-0.3, -0.25) is 4.79 Å². The molecule has 31 heavy (non-hydrogen) atoms. The smallest absolute Gasteiger partial charge is 0.256 e. The van der Waals surface area contributed by atoms with Crippen LogP contribution in [-0.4, -0.2) is 10.9 Å². The monoisotopic (exact) mass is 426 g/mol. The number of hydrogen-bond acceptors (Lipinski definition) is 3. The second kappa shape index (κ2) is 7.89. The molecule has 0 bridgehead atoms. The third-order valence-electron chi connectivity index (χ3n) is 5.37. The highest BCUT2D eigenvalue weighted by atomic mass is 35.5. The molecule has 0 atom stereocenters. The van der Waals surface area contributed by atoms with Gasteiger partial charge in [0.15, 0.2) is 5.58 Å². The van der Waals surface area contributed by atoms with Gasteiger partial charge in [-0.1, -0.05) is 54.9 Å². The van der Waals surface area contributed by atoms with Crippen LogP contribution >= 0.6 is 11.6 Å². The van der Waals surface area contributed by atoms with Crippen LogP contribution < -0.4 is 5.32 Å². The molecule has 5 heteroatoms. The fourth-order valence-corrected chi connectivity index (χ4v) is 3.92. The summed E-state index contributed by atoms with van der Waals surface area (Å²) in [5, 5.41) is 5.25. The van der Waals surface area contributed by atoms with Crippen molar-refractivity contribution in [3.8, 4) is 11.5 Å². The highest BCUT2D eigenvalue weighted by Crippen LogP contribution is 2.29. The van der Waals surface area contributed by atoms with E-state index in [-0.39, 0.29) is 5.91 Å². The number of hydrogen-bond donors (Lipinski definition) is 1. The lowest BCUT2D eigenvalue weighted by molar-refractivity contribution is 0.102. The number of carbonyl (C=O) groups excluding carboxylic acids is 1. The van der Waals surface area contributed by atoms with Crippen molar-refractivity contribution in [3.63, 3.8) is 0 Å². The maximum absolute atomic E-state index is 13.0. The van der Waals surface area contributed by atoms with Gasteiger partial charge in [0.1, 0.15) is 5.52 Å². The van der Waals surface area contributed by atoms with Gasteiger partial charge < -0.3 is 9.73 Å². The lowest BCUT2D eigenvalue weighted by atomic mass is 10.0. The Morgan fingerprint density at radius 2 is 1.74 bits per heavy atom. The van der Waals surface area contributed by atoms with E-state index in [2.05, 4.69) is 29.4 Å².